The molecule has 0 fully saturated rings. The summed E-state index contributed by atoms with van der Waals surface area (Å²) in [6.07, 6.45) is -4.02. The van der Waals surface area contributed by atoms with Gasteiger partial charge in [0.15, 0.2) is 0 Å². The highest BCUT2D eigenvalue weighted by Gasteiger charge is 2.36. The van der Waals surface area contributed by atoms with Crippen LogP contribution in [0.25, 0.3) is 55.6 Å². The molecular formula is C89H64F16N12O8. The molecule has 0 saturated carbocycles. The van der Waals surface area contributed by atoms with Crippen LogP contribution >= 0.6 is 0 Å². The van der Waals surface area contributed by atoms with Crippen LogP contribution in [0.5, 0.6) is 75.5 Å². The van der Waals surface area contributed by atoms with Gasteiger partial charge in [0, 0.05) is 106 Å². The number of ether oxygens (including phenoxy) is 8. The zero-order valence-electron chi connectivity index (χ0n) is 65.5. The minimum absolute atomic E-state index is 0.0824. The molecule has 0 amide bonds. The summed E-state index contributed by atoms with van der Waals surface area (Å²) in [5.74, 6) is 2.72. The van der Waals surface area contributed by atoms with Crippen LogP contribution in [0.2, 0.25) is 0 Å². The standard InChI is InChI=1S/C19H15F3N2O.C18H12F4N2O2.C18H13F3N2O2.C17H12F3N3O2.C17H12F3N3O/c1-2-13-6-3-4-7-15(13)16-8-5-11-23-18(16)25-14-9-10-17(24-12-14)19(20,21)22;1-25-15-9-11(19)4-6-13(15)14-3-2-8-23-17(14)26-12-5-7-16(24-10-12)18(20,21)22;1-24-15-7-3-2-5-13(15)14-6-4-10-22-17(14)25-12-8-9-16(23-11-12)18(19,20)21;1-24-15-12(4-2-8-21-15)13-5-3-9-22-16(13)25-11-6-7-14(23-10-11)17(18,19)20;1-11-6-8-21-10-14(11)13-3-2-7-22-16(13)24-12-4-5-15(23-9-12)17(18,19)20/h3-12H,2H2,1H3;2-10H,1H3;2-11H,1H3;2-10H,1H3;2-10H,1H3. The zero-order chi connectivity index (χ0) is 89.5. The van der Waals surface area contributed by atoms with Crippen molar-refractivity contribution in [2.24, 2.45) is 0 Å². The fourth-order valence-electron chi connectivity index (χ4n) is 11.3. The van der Waals surface area contributed by atoms with E-state index in [9.17, 15) is 70.2 Å². The number of rotatable bonds is 19. The average molecular weight is 1730 g/mol. The lowest BCUT2D eigenvalue weighted by Crippen LogP contribution is -2.07. The molecule has 0 spiro atoms. The van der Waals surface area contributed by atoms with E-state index in [4.69, 9.17) is 37.9 Å². The van der Waals surface area contributed by atoms with E-state index in [1.54, 1.807) is 105 Å². The number of nitrogens with zero attached hydrogens (tertiary/aromatic N) is 12. The number of aromatic nitrogens is 12. The molecule has 15 aromatic rings. The van der Waals surface area contributed by atoms with Crippen LogP contribution < -0.4 is 37.9 Å². The van der Waals surface area contributed by atoms with Gasteiger partial charge < -0.3 is 37.9 Å². The van der Waals surface area contributed by atoms with Crippen molar-refractivity contribution in [2.45, 2.75) is 51.1 Å². The van der Waals surface area contributed by atoms with Crippen LogP contribution in [-0.2, 0) is 37.3 Å². The minimum atomic E-state index is -4.53. The molecule has 640 valence electrons. The van der Waals surface area contributed by atoms with Gasteiger partial charge in [0.2, 0.25) is 35.3 Å². The molecule has 36 heteroatoms. The van der Waals surface area contributed by atoms with Crippen molar-refractivity contribution >= 4 is 0 Å². The summed E-state index contributed by atoms with van der Waals surface area (Å²) in [5.41, 5.74) is 4.13. The van der Waals surface area contributed by atoms with Gasteiger partial charge in [-0.1, -0.05) is 49.4 Å². The third kappa shape index (κ3) is 24.5. The Labute approximate surface area is 700 Å². The summed E-state index contributed by atoms with van der Waals surface area (Å²) in [7, 11) is 4.44. The Morgan fingerprint density at radius 3 is 0.856 bits per heavy atom. The molecule has 0 radical (unpaired) electrons. The van der Waals surface area contributed by atoms with Crippen LogP contribution in [0.3, 0.4) is 0 Å². The lowest BCUT2D eigenvalue weighted by Gasteiger charge is -2.13. The molecule has 125 heavy (non-hydrogen) atoms. The Bertz CT molecular complexity index is 5720. The lowest BCUT2D eigenvalue weighted by molar-refractivity contribution is -0.142. The number of aryl methyl sites for hydroxylation is 2. The molecule has 0 aliphatic heterocycles. The van der Waals surface area contributed by atoms with Crippen molar-refractivity contribution in [3.8, 4) is 131 Å². The van der Waals surface area contributed by atoms with Gasteiger partial charge in [-0.05, 0) is 188 Å². The van der Waals surface area contributed by atoms with Crippen molar-refractivity contribution in [3.05, 3.63) is 332 Å². The predicted molar refractivity (Wildman–Crippen MR) is 424 cm³/mol. The van der Waals surface area contributed by atoms with E-state index in [1.165, 1.54) is 75.3 Å². The van der Waals surface area contributed by atoms with E-state index < -0.39 is 65.2 Å². The van der Waals surface area contributed by atoms with Gasteiger partial charge in [-0.15, -0.1) is 0 Å². The zero-order valence-corrected chi connectivity index (χ0v) is 65.5. The maximum atomic E-state index is 13.4. The van der Waals surface area contributed by atoms with E-state index in [-0.39, 0.29) is 58.0 Å². The third-order valence-corrected chi connectivity index (χ3v) is 17.2. The topological polar surface area (TPSA) is 229 Å². The van der Waals surface area contributed by atoms with Gasteiger partial charge in [0.05, 0.1) is 52.3 Å². The second-order valence-electron chi connectivity index (χ2n) is 25.5. The fraction of sp³-hybridized carbons (Fsp3) is 0.124. The quantitative estimate of drug-likeness (QED) is 0.0685. The Morgan fingerprint density at radius 2 is 0.544 bits per heavy atom. The monoisotopic (exact) mass is 1730 g/mol. The van der Waals surface area contributed by atoms with Crippen LogP contribution in [-0.4, -0.2) is 81.1 Å². The minimum Gasteiger partial charge on any atom is -0.496 e. The number of alkyl halides is 15. The molecule has 12 aromatic heterocycles. The van der Waals surface area contributed by atoms with Crippen molar-refractivity contribution in [2.75, 3.05) is 21.3 Å². The lowest BCUT2D eigenvalue weighted by atomic mass is 9.99. The molecule has 0 bridgehead atoms. The van der Waals surface area contributed by atoms with Gasteiger partial charge in [-0.3, -0.25) is 4.98 Å². The van der Waals surface area contributed by atoms with Crippen LogP contribution in [0, 0.1) is 12.7 Å². The first kappa shape index (κ1) is 90.5. The highest BCUT2D eigenvalue weighted by molar-refractivity contribution is 5.77. The van der Waals surface area contributed by atoms with Gasteiger partial charge in [0.1, 0.15) is 74.5 Å². The van der Waals surface area contributed by atoms with E-state index in [0.29, 0.717) is 50.9 Å². The number of halogens is 16. The summed E-state index contributed by atoms with van der Waals surface area (Å²) in [4.78, 5) is 45.9. The highest BCUT2D eigenvalue weighted by atomic mass is 19.4. The smallest absolute Gasteiger partial charge is 0.433 e. The van der Waals surface area contributed by atoms with Crippen molar-refractivity contribution in [1.82, 2.24) is 59.8 Å². The molecule has 0 aliphatic carbocycles. The molecule has 0 atom stereocenters. The molecular weight excluding hydrogens is 1670 g/mol. The van der Waals surface area contributed by atoms with Gasteiger partial charge >= 0.3 is 30.9 Å². The van der Waals surface area contributed by atoms with E-state index in [0.717, 1.165) is 107 Å². The first-order valence-corrected chi connectivity index (χ1v) is 36.6. The third-order valence-electron chi connectivity index (χ3n) is 17.2. The number of pyridine rings is 12. The number of para-hydroxylation sites is 1. The number of hydrogen-bond acceptors (Lipinski definition) is 20. The second-order valence-corrected chi connectivity index (χ2v) is 25.5. The van der Waals surface area contributed by atoms with Crippen LogP contribution in [0.1, 0.15) is 46.5 Å². The molecule has 3 aromatic carbocycles. The van der Waals surface area contributed by atoms with Crippen molar-refractivity contribution in [1.29, 1.82) is 0 Å². The van der Waals surface area contributed by atoms with Gasteiger partial charge in [0.25, 0.3) is 0 Å². The van der Waals surface area contributed by atoms with E-state index >= 15 is 0 Å². The summed E-state index contributed by atoms with van der Waals surface area (Å²) in [5, 5.41) is 0. The molecule has 0 aliphatic rings. The average Bonchev–Trinajstić information content (AvgIpc) is 0.823. The van der Waals surface area contributed by atoms with E-state index in [2.05, 4.69) is 66.7 Å². The summed E-state index contributed by atoms with van der Waals surface area (Å²) in [6, 6.07) is 52.3. The van der Waals surface area contributed by atoms with Crippen molar-refractivity contribution < 1.29 is 108 Å². The largest absolute Gasteiger partial charge is 0.496 e. The van der Waals surface area contributed by atoms with Crippen molar-refractivity contribution in [3.63, 3.8) is 0 Å². The maximum absolute atomic E-state index is 13.4. The van der Waals surface area contributed by atoms with E-state index in [1.807, 2.05) is 67.6 Å². The maximum Gasteiger partial charge on any atom is 0.433 e. The summed E-state index contributed by atoms with van der Waals surface area (Å²) >= 11 is 0. The Kier molecular flexibility index (Phi) is 29.6. The Hall–Kier alpha value is -15.3. The molecule has 15 rings (SSSR count). The molecule has 12 heterocycles. The number of hydrogen-bond donors (Lipinski definition) is 0. The summed E-state index contributed by atoms with van der Waals surface area (Å²) in [6.45, 7) is 3.98. The first-order chi connectivity index (χ1) is 59.8. The predicted octanol–water partition coefficient (Wildman–Crippen LogP) is 24.6. The van der Waals surface area contributed by atoms with Crippen LogP contribution in [0.4, 0.5) is 70.2 Å². The molecule has 0 unspecified atom stereocenters. The normalized spacial score (nSPS) is 11.3. The number of methoxy groups -OCH3 is 3. The Morgan fingerprint density at radius 1 is 0.256 bits per heavy atom. The Balaban J connectivity index is 0.000000152. The first-order valence-electron chi connectivity index (χ1n) is 36.6. The molecule has 20 nitrogen and oxygen atoms in total. The molecule has 0 saturated heterocycles. The van der Waals surface area contributed by atoms with Gasteiger partial charge in [-0.2, -0.15) is 65.9 Å². The molecule has 0 N–H and O–H groups in total. The van der Waals surface area contributed by atoms with Gasteiger partial charge in [-0.25, -0.2) is 59.2 Å². The number of benzene rings is 3. The summed E-state index contributed by atoms with van der Waals surface area (Å²) < 4.78 is 246. The fourth-order valence-corrected chi connectivity index (χ4v) is 11.3. The highest BCUT2D eigenvalue weighted by Crippen LogP contribution is 2.43. The SMILES string of the molecule is CCc1ccccc1-c1cccnc1Oc1ccc(C(F)(F)F)nc1.COc1cc(F)ccc1-c1cccnc1Oc1ccc(C(F)(F)F)nc1.COc1ccccc1-c1cccnc1Oc1ccc(C(F)(F)F)nc1.COc1ncccc1-c1cccnc1Oc1ccc(C(F)(F)F)nc1.Cc1ccncc1-c1cccnc1Oc1ccc(C(F)(F)F)nc1. The second kappa shape index (κ2) is 40.9. The van der Waals surface area contributed by atoms with Crippen LogP contribution in [0.15, 0.2) is 287 Å².